The maximum Gasteiger partial charge on any atom is 0.303 e. The first kappa shape index (κ1) is 18.6. The van der Waals surface area contributed by atoms with Gasteiger partial charge < -0.3 is 10.0 Å². The topological polar surface area (TPSA) is 91.8 Å². The third kappa shape index (κ3) is 7.04. The molecule has 0 unspecified atom stereocenters. The van der Waals surface area contributed by atoms with E-state index in [1.165, 1.54) is 11.9 Å². The van der Waals surface area contributed by atoms with Gasteiger partial charge in [0.2, 0.25) is 5.91 Å². The number of rotatable bonds is 8. The molecule has 0 aliphatic carbocycles. The molecular formula is C14H18BrNO5S. The Morgan fingerprint density at radius 1 is 1.32 bits per heavy atom. The molecule has 0 bridgehead atoms. The van der Waals surface area contributed by atoms with Crippen molar-refractivity contribution in [3.8, 4) is 0 Å². The van der Waals surface area contributed by atoms with Crippen LogP contribution in [0.3, 0.4) is 0 Å². The summed E-state index contributed by atoms with van der Waals surface area (Å²) in [7, 11) is -2.09. The first-order valence-electron chi connectivity index (χ1n) is 6.60. The molecule has 0 aromatic heterocycles. The zero-order valence-corrected chi connectivity index (χ0v) is 14.6. The molecule has 22 heavy (non-hydrogen) atoms. The molecule has 0 fully saturated rings. The first-order valence-corrected chi connectivity index (χ1v) is 9.21. The highest BCUT2D eigenvalue weighted by Crippen LogP contribution is 2.14. The molecule has 0 radical (unpaired) electrons. The lowest BCUT2D eigenvalue weighted by molar-refractivity contribution is -0.137. The number of hydrogen-bond donors (Lipinski definition) is 1. The summed E-state index contributed by atoms with van der Waals surface area (Å²) < 4.78 is 24.9. The van der Waals surface area contributed by atoms with Crippen LogP contribution < -0.4 is 0 Å². The summed E-state index contributed by atoms with van der Waals surface area (Å²) >= 11 is 3.27. The van der Waals surface area contributed by atoms with Crippen LogP contribution in [0.15, 0.2) is 28.7 Å². The fourth-order valence-corrected chi connectivity index (χ4v) is 3.65. The number of aliphatic carboxylic acids is 1. The summed E-state index contributed by atoms with van der Waals surface area (Å²) in [6, 6.07) is 6.90. The third-order valence-electron chi connectivity index (χ3n) is 2.93. The van der Waals surface area contributed by atoms with Crippen molar-refractivity contribution in [2.45, 2.75) is 18.6 Å². The summed E-state index contributed by atoms with van der Waals surface area (Å²) in [6.07, 6.45) is 0.242. The maximum absolute atomic E-state index is 12.1. The molecule has 0 atom stereocenters. The Hall–Kier alpha value is -1.41. The van der Waals surface area contributed by atoms with Crippen molar-refractivity contribution in [1.82, 2.24) is 4.90 Å². The first-order chi connectivity index (χ1) is 10.2. The van der Waals surface area contributed by atoms with E-state index in [0.29, 0.717) is 12.0 Å². The molecule has 8 heteroatoms. The second kappa shape index (κ2) is 8.28. The molecule has 6 nitrogen and oxygen atoms in total. The lowest BCUT2D eigenvalue weighted by Crippen LogP contribution is -2.33. The summed E-state index contributed by atoms with van der Waals surface area (Å²) in [5.41, 5.74) is 0.607. The van der Waals surface area contributed by atoms with Crippen LogP contribution in [0.1, 0.15) is 18.4 Å². The van der Waals surface area contributed by atoms with Gasteiger partial charge in [-0.1, -0.05) is 28.1 Å². The Kier molecular flexibility index (Phi) is 7.02. The van der Waals surface area contributed by atoms with Gasteiger partial charge in [-0.2, -0.15) is 0 Å². The van der Waals surface area contributed by atoms with Crippen LogP contribution >= 0.6 is 15.9 Å². The van der Waals surface area contributed by atoms with Gasteiger partial charge in [0.1, 0.15) is 5.75 Å². The molecular weight excluding hydrogens is 374 g/mol. The number of halogens is 1. The number of amides is 1. The predicted octanol–water partition coefficient (Wildman–Crippen LogP) is 1.69. The summed E-state index contributed by atoms with van der Waals surface area (Å²) in [6.45, 7) is 0.220. The molecule has 0 saturated heterocycles. The molecule has 0 heterocycles. The molecule has 0 aliphatic heterocycles. The van der Waals surface area contributed by atoms with Crippen LogP contribution in [0.5, 0.6) is 0 Å². The van der Waals surface area contributed by atoms with Gasteiger partial charge in [0.05, 0.1) is 5.75 Å². The number of carbonyl (C=O) groups is 2. The lowest BCUT2D eigenvalue weighted by atomic mass is 10.2. The fraction of sp³-hybridized carbons (Fsp3) is 0.429. The highest BCUT2D eigenvalue weighted by molar-refractivity contribution is 9.10. The van der Waals surface area contributed by atoms with E-state index in [4.69, 9.17) is 5.11 Å². The number of carboxylic acid groups (broad SMARTS) is 1. The second-order valence-corrected chi connectivity index (χ2v) is 7.95. The zero-order chi connectivity index (χ0) is 16.8. The molecule has 122 valence electrons. The van der Waals surface area contributed by atoms with E-state index in [1.54, 1.807) is 24.3 Å². The number of sulfone groups is 1. The van der Waals surface area contributed by atoms with E-state index in [2.05, 4.69) is 15.9 Å². The van der Waals surface area contributed by atoms with E-state index in [1.807, 2.05) is 0 Å². The van der Waals surface area contributed by atoms with Crippen molar-refractivity contribution in [2.24, 2.45) is 0 Å². The summed E-state index contributed by atoms with van der Waals surface area (Å²) in [5.74, 6) is -2.26. The second-order valence-electron chi connectivity index (χ2n) is 4.97. The smallest absolute Gasteiger partial charge is 0.303 e. The van der Waals surface area contributed by atoms with Crippen LogP contribution in [0.2, 0.25) is 0 Å². The van der Waals surface area contributed by atoms with E-state index < -0.39 is 27.5 Å². The molecule has 0 spiro atoms. The van der Waals surface area contributed by atoms with Gasteiger partial charge in [-0.05, 0) is 24.1 Å². The van der Waals surface area contributed by atoms with E-state index in [9.17, 15) is 18.0 Å². The average Bonchev–Trinajstić information content (AvgIpc) is 2.36. The number of hydrogen-bond acceptors (Lipinski definition) is 4. The molecule has 1 amide bonds. The Bertz CT molecular complexity index is 644. The van der Waals surface area contributed by atoms with Crippen molar-refractivity contribution >= 4 is 37.6 Å². The predicted molar refractivity (Wildman–Crippen MR) is 86.1 cm³/mol. The van der Waals surface area contributed by atoms with Gasteiger partial charge >= 0.3 is 5.97 Å². The van der Waals surface area contributed by atoms with Crippen molar-refractivity contribution in [1.29, 1.82) is 0 Å². The summed E-state index contributed by atoms with van der Waals surface area (Å²) in [5, 5.41) is 8.53. The Morgan fingerprint density at radius 2 is 2.00 bits per heavy atom. The van der Waals surface area contributed by atoms with Gasteiger partial charge in [0.15, 0.2) is 9.84 Å². The minimum absolute atomic E-state index is 0.0532. The minimum atomic E-state index is -3.57. The SMILES string of the molecule is CN(CCCC(=O)O)C(=O)CS(=O)(=O)Cc1cccc(Br)c1. The molecule has 0 aliphatic rings. The Morgan fingerprint density at radius 3 is 2.59 bits per heavy atom. The van der Waals surface area contributed by atoms with E-state index in [-0.39, 0.29) is 18.7 Å². The largest absolute Gasteiger partial charge is 0.481 e. The zero-order valence-electron chi connectivity index (χ0n) is 12.2. The lowest BCUT2D eigenvalue weighted by Gasteiger charge is -2.16. The normalized spacial score (nSPS) is 11.2. The highest BCUT2D eigenvalue weighted by Gasteiger charge is 2.20. The van der Waals surface area contributed by atoms with Crippen LogP contribution in [0.4, 0.5) is 0 Å². The quantitative estimate of drug-likeness (QED) is 0.727. The van der Waals surface area contributed by atoms with Gasteiger partial charge in [0.25, 0.3) is 0 Å². The van der Waals surface area contributed by atoms with Crippen LogP contribution in [-0.2, 0) is 25.2 Å². The van der Waals surface area contributed by atoms with Gasteiger partial charge in [-0.15, -0.1) is 0 Å². The van der Waals surface area contributed by atoms with Gasteiger partial charge in [-0.25, -0.2) is 8.42 Å². The maximum atomic E-state index is 12.1. The molecule has 1 N–H and O–H groups in total. The third-order valence-corrected chi connectivity index (χ3v) is 4.88. The molecule has 1 aromatic rings. The molecule has 1 aromatic carbocycles. The minimum Gasteiger partial charge on any atom is -0.481 e. The van der Waals surface area contributed by atoms with E-state index >= 15 is 0 Å². The number of carbonyl (C=O) groups excluding carboxylic acids is 1. The monoisotopic (exact) mass is 391 g/mol. The Labute approximate surface area is 138 Å². The van der Waals surface area contributed by atoms with Crippen molar-refractivity contribution in [3.05, 3.63) is 34.3 Å². The van der Waals surface area contributed by atoms with Crippen molar-refractivity contribution in [3.63, 3.8) is 0 Å². The Balaban J connectivity index is 2.56. The van der Waals surface area contributed by atoms with Crippen molar-refractivity contribution in [2.75, 3.05) is 19.3 Å². The van der Waals surface area contributed by atoms with Crippen molar-refractivity contribution < 1.29 is 23.1 Å². The van der Waals surface area contributed by atoms with Crippen LogP contribution in [0, 0.1) is 0 Å². The molecule has 0 saturated carbocycles. The average molecular weight is 392 g/mol. The van der Waals surface area contributed by atoms with Gasteiger partial charge in [-0.3, -0.25) is 9.59 Å². The van der Waals surface area contributed by atoms with Crippen LogP contribution in [0.25, 0.3) is 0 Å². The summed E-state index contributed by atoms with van der Waals surface area (Å²) in [4.78, 5) is 23.5. The number of nitrogens with zero attached hydrogens (tertiary/aromatic N) is 1. The van der Waals surface area contributed by atoms with Crippen LogP contribution in [-0.4, -0.2) is 49.6 Å². The highest BCUT2D eigenvalue weighted by atomic mass is 79.9. The number of benzene rings is 1. The van der Waals surface area contributed by atoms with E-state index in [0.717, 1.165) is 4.47 Å². The molecule has 1 rings (SSSR count). The number of carboxylic acids is 1. The standard InChI is InChI=1S/C14H18BrNO5S/c1-16(7-3-6-14(18)19)13(17)10-22(20,21)9-11-4-2-5-12(15)8-11/h2,4-5,8H,3,6-7,9-10H2,1H3,(H,18,19). The van der Waals surface area contributed by atoms with Gasteiger partial charge in [0, 0.05) is 24.5 Å². The fourth-order valence-electron chi connectivity index (χ4n) is 1.82.